The van der Waals surface area contributed by atoms with Crippen LogP contribution in [0.1, 0.15) is 32.6 Å². The highest BCUT2D eigenvalue weighted by molar-refractivity contribution is 7.89. The molecule has 3 rings (SSSR count). The molecule has 0 saturated carbocycles. The molecule has 3 heterocycles. The molecular formula is C15H22N4O5S. The quantitative estimate of drug-likeness (QED) is 0.738. The SMILES string of the molecule is CCCN1CCC[C@]2(CCN(S(=O)(=O)c3c[nH]c(=O)[nH]c3=O)C2)C1=O. The van der Waals surface area contributed by atoms with Crippen LogP contribution in [0.15, 0.2) is 20.7 Å². The largest absolute Gasteiger partial charge is 0.342 e. The molecule has 0 aliphatic carbocycles. The summed E-state index contributed by atoms with van der Waals surface area (Å²) >= 11 is 0. The summed E-state index contributed by atoms with van der Waals surface area (Å²) in [6, 6.07) is 0. The van der Waals surface area contributed by atoms with Gasteiger partial charge in [-0.25, -0.2) is 13.2 Å². The smallest absolute Gasteiger partial charge is 0.325 e. The summed E-state index contributed by atoms with van der Waals surface area (Å²) < 4.78 is 26.7. The molecule has 10 heteroatoms. The van der Waals surface area contributed by atoms with E-state index >= 15 is 0 Å². The third-order valence-electron chi connectivity index (χ3n) is 5.04. The van der Waals surface area contributed by atoms with E-state index in [0.717, 1.165) is 19.0 Å². The number of aromatic amines is 2. The number of nitrogens with one attached hydrogen (secondary N) is 2. The molecule has 2 aliphatic heterocycles. The highest BCUT2D eigenvalue weighted by atomic mass is 32.2. The number of amides is 1. The second-order valence-electron chi connectivity index (χ2n) is 6.70. The molecule has 1 aromatic heterocycles. The fraction of sp³-hybridized carbons (Fsp3) is 0.667. The molecule has 9 nitrogen and oxygen atoms in total. The topological polar surface area (TPSA) is 123 Å². The number of nitrogens with zero attached hydrogens (tertiary/aromatic N) is 2. The van der Waals surface area contributed by atoms with Crippen molar-refractivity contribution < 1.29 is 13.2 Å². The predicted octanol–water partition coefficient (Wildman–Crippen LogP) is -0.524. The monoisotopic (exact) mass is 370 g/mol. The van der Waals surface area contributed by atoms with Gasteiger partial charge in [0, 0.05) is 32.4 Å². The highest BCUT2D eigenvalue weighted by Gasteiger charge is 2.51. The van der Waals surface area contributed by atoms with Crippen LogP contribution < -0.4 is 11.2 Å². The first-order valence-corrected chi connectivity index (χ1v) is 9.86. The Balaban J connectivity index is 1.88. The van der Waals surface area contributed by atoms with Crippen LogP contribution in [0.25, 0.3) is 0 Å². The van der Waals surface area contributed by atoms with Crippen molar-refractivity contribution in [1.29, 1.82) is 0 Å². The van der Waals surface area contributed by atoms with Gasteiger partial charge in [0.1, 0.15) is 0 Å². The first-order chi connectivity index (χ1) is 11.8. The van der Waals surface area contributed by atoms with Crippen molar-refractivity contribution in [2.45, 2.75) is 37.5 Å². The number of carbonyl (C=O) groups excluding carboxylic acids is 1. The maximum atomic E-state index is 12.8. The number of hydrogen-bond donors (Lipinski definition) is 2. The molecule has 0 aromatic carbocycles. The van der Waals surface area contributed by atoms with Gasteiger partial charge >= 0.3 is 5.69 Å². The van der Waals surface area contributed by atoms with Gasteiger partial charge in [0.05, 0.1) is 5.41 Å². The van der Waals surface area contributed by atoms with Gasteiger partial charge in [-0.15, -0.1) is 0 Å². The normalized spacial score (nSPS) is 25.0. The first kappa shape index (κ1) is 17.9. The molecule has 2 saturated heterocycles. The number of sulfonamides is 1. The Bertz CT molecular complexity index is 888. The number of hydrogen-bond acceptors (Lipinski definition) is 5. The third kappa shape index (κ3) is 3.04. The van der Waals surface area contributed by atoms with E-state index in [1.54, 1.807) is 0 Å². The third-order valence-corrected chi connectivity index (χ3v) is 6.89. The van der Waals surface area contributed by atoms with Crippen LogP contribution in [-0.2, 0) is 14.8 Å². The lowest BCUT2D eigenvalue weighted by Gasteiger charge is -2.39. The molecule has 1 aromatic rings. The van der Waals surface area contributed by atoms with E-state index in [2.05, 4.69) is 4.98 Å². The molecule has 1 amide bonds. The first-order valence-electron chi connectivity index (χ1n) is 8.42. The van der Waals surface area contributed by atoms with E-state index < -0.39 is 31.6 Å². The van der Waals surface area contributed by atoms with Gasteiger partial charge in [-0.1, -0.05) is 6.92 Å². The van der Waals surface area contributed by atoms with Crippen molar-refractivity contribution >= 4 is 15.9 Å². The van der Waals surface area contributed by atoms with Crippen molar-refractivity contribution in [3.63, 3.8) is 0 Å². The average molecular weight is 370 g/mol. The minimum absolute atomic E-state index is 0.00804. The summed E-state index contributed by atoms with van der Waals surface area (Å²) in [6.45, 7) is 3.65. The molecule has 2 N–H and O–H groups in total. The Labute approximate surface area is 145 Å². The lowest BCUT2D eigenvalue weighted by Crippen LogP contribution is -2.50. The fourth-order valence-electron chi connectivity index (χ4n) is 3.78. The molecule has 1 spiro atoms. The van der Waals surface area contributed by atoms with Crippen molar-refractivity contribution in [3.8, 4) is 0 Å². The van der Waals surface area contributed by atoms with Gasteiger partial charge in [0.2, 0.25) is 15.9 Å². The summed E-state index contributed by atoms with van der Waals surface area (Å²) in [5, 5.41) is 0. The highest BCUT2D eigenvalue weighted by Crippen LogP contribution is 2.41. The van der Waals surface area contributed by atoms with E-state index in [9.17, 15) is 22.8 Å². The Morgan fingerprint density at radius 2 is 1.96 bits per heavy atom. The van der Waals surface area contributed by atoms with Crippen molar-refractivity contribution in [3.05, 3.63) is 27.0 Å². The predicted molar refractivity (Wildman–Crippen MR) is 89.6 cm³/mol. The number of piperidine rings is 1. The van der Waals surface area contributed by atoms with Crippen LogP contribution in [0.3, 0.4) is 0 Å². The molecule has 0 radical (unpaired) electrons. The lowest BCUT2D eigenvalue weighted by molar-refractivity contribution is -0.145. The van der Waals surface area contributed by atoms with E-state index in [1.165, 1.54) is 4.31 Å². The van der Waals surface area contributed by atoms with Crippen LogP contribution >= 0.6 is 0 Å². The van der Waals surface area contributed by atoms with Crippen LogP contribution in [0.2, 0.25) is 0 Å². The molecule has 0 bridgehead atoms. The Morgan fingerprint density at radius 1 is 1.20 bits per heavy atom. The van der Waals surface area contributed by atoms with Crippen LogP contribution in [0.4, 0.5) is 0 Å². The zero-order chi connectivity index (χ0) is 18.2. The molecule has 1 atom stereocenters. The summed E-state index contributed by atoms with van der Waals surface area (Å²) in [6.07, 6.45) is 3.72. The molecular weight excluding hydrogens is 348 g/mol. The average Bonchev–Trinajstić information content (AvgIpc) is 2.98. The minimum atomic E-state index is -4.07. The van der Waals surface area contributed by atoms with E-state index in [1.807, 2.05) is 16.8 Å². The maximum Gasteiger partial charge on any atom is 0.325 e. The van der Waals surface area contributed by atoms with Gasteiger partial charge in [-0.05, 0) is 25.7 Å². The molecule has 0 unspecified atom stereocenters. The fourth-order valence-corrected chi connectivity index (χ4v) is 5.30. The van der Waals surface area contributed by atoms with E-state index in [-0.39, 0.29) is 19.0 Å². The van der Waals surface area contributed by atoms with Crippen molar-refractivity contribution in [1.82, 2.24) is 19.2 Å². The molecule has 2 fully saturated rings. The number of aromatic nitrogens is 2. The maximum absolute atomic E-state index is 12.8. The Kier molecular flexibility index (Phi) is 4.58. The second-order valence-corrected chi connectivity index (χ2v) is 8.61. The van der Waals surface area contributed by atoms with Crippen molar-refractivity contribution in [2.75, 3.05) is 26.2 Å². The zero-order valence-electron chi connectivity index (χ0n) is 14.1. The van der Waals surface area contributed by atoms with Gasteiger partial charge in [-0.2, -0.15) is 4.31 Å². The van der Waals surface area contributed by atoms with E-state index in [0.29, 0.717) is 25.9 Å². The summed E-state index contributed by atoms with van der Waals surface area (Å²) in [5.74, 6) is 0.00804. The molecule has 138 valence electrons. The number of carbonyl (C=O) groups is 1. The zero-order valence-corrected chi connectivity index (χ0v) is 14.9. The van der Waals surface area contributed by atoms with Crippen molar-refractivity contribution in [2.24, 2.45) is 5.41 Å². The van der Waals surface area contributed by atoms with Crippen LogP contribution in [0.5, 0.6) is 0 Å². The van der Waals surface area contributed by atoms with Crippen LogP contribution in [-0.4, -0.2) is 59.7 Å². The second kappa shape index (κ2) is 6.41. The summed E-state index contributed by atoms with van der Waals surface area (Å²) in [4.78, 5) is 41.2. The Morgan fingerprint density at radius 3 is 2.64 bits per heavy atom. The standard InChI is InChI=1S/C15H22N4O5S/c1-2-6-18-7-3-4-15(13(18)21)5-8-19(10-15)25(23,24)11-9-16-14(22)17-12(11)20/h9H,2-8,10H2,1H3,(H2,16,17,20,22)/t15-/m1/s1. The van der Waals surface area contributed by atoms with Gasteiger partial charge in [0.15, 0.2) is 4.90 Å². The van der Waals surface area contributed by atoms with Gasteiger partial charge in [-0.3, -0.25) is 14.6 Å². The summed E-state index contributed by atoms with van der Waals surface area (Å²) in [5.41, 5.74) is -2.41. The van der Waals surface area contributed by atoms with Gasteiger partial charge < -0.3 is 9.88 Å². The van der Waals surface area contributed by atoms with E-state index in [4.69, 9.17) is 0 Å². The summed E-state index contributed by atoms with van der Waals surface area (Å²) in [7, 11) is -4.07. The molecule has 25 heavy (non-hydrogen) atoms. The number of likely N-dealkylation sites (tertiary alicyclic amines) is 1. The number of rotatable bonds is 4. The molecule has 2 aliphatic rings. The number of H-pyrrole nitrogens is 2. The van der Waals surface area contributed by atoms with Crippen LogP contribution in [0, 0.1) is 5.41 Å². The van der Waals surface area contributed by atoms with Gasteiger partial charge in [0.25, 0.3) is 5.56 Å². The lowest BCUT2D eigenvalue weighted by atomic mass is 9.78. The Hall–Kier alpha value is -1.94. The minimum Gasteiger partial charge on any atom is -0.342 e.